The Kier molecular flexibility index (Phi) is 27.3. The predicted octanol–water partition coefficient (Wildman–Crippen LogP) is -2.05. The van der Waals surface area contributed by atoms with Crippen LogP contribution in [-0.2, 0) is 25.0 Å². The van der Waals surface area contributed by atoms with E-state index in [-0.39, 0.29) is 65.7 Å². The van der Waals surface area contributed by atoms with Gasteiger partial charge >= 0.3 is 59.1 Å². The molecule has 0 aromatic heterocycles. The van der Waals surface area contributed by atoms with Crippen LogP contribution in [-0.4, -0.2) is 50.2 Å². The van der Waals surface area contributed by atoms with Gasteiger partial charge in [0.25, 0.3) is 0 Å². The second-order valence-corrected chi connectivity index (χ2v) is 10.4. The first kappa shape index (κ1) is 36.4. The van der Waals surface area contributed by atoms with Crippen molar-refractivity contribution >= 4 is 20.2 Å². The standard InChI is InChI=1S/C19H40O7S2.2Na/c1-2-3-4-5-6-7-8-9-10-11-12-13-14-15-16-26-19(17-27(20,21)22)18-28(23,24)25;;/h19H,2-18H2,1H3,(H,20,21,22)(H,23,24,25);;/q;2*+1/p-2. The van der Waals surface area contributed by atoms with E-state index in [1.807, 2.05) is 0 Å². The van der Waals surface area contributed by atoms with Gasteiger partial charge in [-0.1, -0.05) is 90.4 Å². The van der Waals surface area contributed by atoms with Crippen LogP contribution in [0.25, 0.3) is 0 Å². The Bertz CT molecular complexity index is 535. The summed E-state index contributed by atoms with van der Waals surface area (Å²) >= 11 is 0. The summed E-state index contributed by atoms with van der Waals surface area (Å²) in [5.41, 5.74) is 0. The summed E-state index contributed by atoms with van der Waals surface area (Å²) in [6.07, 6.45) is 15.4. The van der Waals surface area contributed by atoms with Gasteiger partial charge in [-0.15, -0.1) is 0 Å². The first-order valence-electron chi connectivity index (χ1n) is 10.6. The number of unbranched alkanes of at least 4 members (excludes halogenated alkanes) is 13. The molecule has 7 nitrogen and oxygen atoms in total. The number of rotatable bonds is 20. The van der Waals surface area contributed by atoms with Gasteiger partial charge in [0.2, 0.25) is 0 Å². The number of ether oxygens (including phenoxy) is 1. The predicted molar refractivity (Wildman–Crippen MR) is 109 cm³/mol. The molecule has 0 radical (unpaired) electrons. The molecule has 0 rings (SSSR count). The molecule has 0 aliphatic rings. The first-order chi connectivity index (χ1) is 13.1. The van der Waals surface area contributed by atoms with Gasteiger partial charge in [0, 0.05) is 6.61 Å². The maximum atomic E-state index is 10.8. The smallest absolute Gasteiger partial charge is 0.748 e. The van der Waals surface area contributed by atoms with Crippen molar-refractivity contribution < 1.29 is 89.8 Å². The van der Waals surface area contributed by atoms with E-state index in [1.54, 1.807) is 0 Å². The minimum absolute atomic E-state index is 0. The zero-order valence-corrected chi connectivity index (χ0v) is 24.9. The van der Waals surface area contributed by atoms with Crippen LogP contribution in [0.3, 0.4) is 0 Å². The van der Waals surface area contributed by atoms with Gasteiger partial charge in [-0.3, -0.25) is 0 Å². The quantitative estimate of drug-likeness (QED) is 0.110. The molecule has 0 aromatic rings. The van der Waals surface area contributed by atoms with Crippen LogP contribution < -0.4 is 59.1 Å². The normalized spacial score (nSPS) is 11.9. The molecule has 0 aliphatic heterocycles. The van der Waals surface area contributed by atoms with Crippen molar-refractivity contribution in [1.82, 2.24) is 0 Å². The second kappa shape index (κ2) is 22.6. The van der Waals surface area contributed by atoms with Crippen LogP contribution in [0.15, 0.2) is 0 Å². The van der Waals surface area contributed by atoms with Crippen molar-refractivity contribution in [1.29, 1.82) is 0 Å². The first-order valence-corrected chi connectivity index (χ1v) is 13.8. The minimum Gasteiger partial charge on any atom is -0.748 e. The monoisotopic (exact) mass is 488 g/mol. The van der Waals surface area contributed by atoms with E-state index in [4.69, 9.17) is 4.74 Å². The summed E-state index contributed by atoms with van der Waals surface area (Å²) in [6.45, 7) is 2.38. The van der Waals surface area contributed by atoms with Gasteiger partial charge < -0.3 is 13.8 Å². The third-order valence-corrected chi connectivity index (χ3v) is 6.19. The molecule has 0 N–H and O–H groups in total. The molecule has 0 bridgehead atoms. The minimum atomic E-state index is -4.64. The van der Waals surface area contributed by atoms with Crippen molar-refractivity contribution in [3.8, 4) is 0 Å². The Labute approximate surface area is 229 Å². The summed E-state index contributed by atoms with van der Waals surface area (Å²) in [7, 11) is -9.29. The van der Waals surface area contributed by atoms with Gasteiger partial charge in [0.05, 0.1) is 37.8 Å². The molecule has 0 amide bonds. The molecule has 170 valence electrons. The fraction of sp³-hybridized carbons (Fsp3) is 1.00. The van der Waals surface area contributed by atoms with E-state index in [0.717, 1.165) is 19.3 Å². The summed E-state index contributed by atoms with van der Waals surface area (Å²) in [6, 6.07) is 0. The molecular formula is C19H38Na2O7S2. The van der Waals surface area contributed by atoms with Crippen LogP contribution in [0.1, 0.15) is 96.8 Å². The van der Waals surface area contributed by atoms with Crippen LogP contribution in [0.2, 0.25) is 0 Å². The maximum Gasteiger partial charge on any atom is 1.00 e. The average molecular weight is 489 g/mol. The molecular weight excluding hydrogens is 450 g/mol. The van der Waals surface area contributed by atoms with Crippen molar-refractivity contribution in [3.05, 3.63) is 0 Å². The van der Waals surface area contributed by atoms with E-state index < -0.39 is 37.8 Å². The van der Waals surface area contributed by atoms with E-state index in [2.05, 4.69) is 6.92 Å². The van der Waals surface area contributed by atoms with Crippen molar-refractivity contribution in [2.24, 2.45) is 0 Å². The zero-order chi connectivity index (χ0) is 21.3. The summed E-state index contributed by atoms with van der Waals surface area (Å²) in [5.74, 6) is -1.99. The summed E-state index contributed by atoms with van der Waals surface area (Å²) in [4.78, 5) is 0. The molecule has 0 aliphatic carbocycles. The Hall–Kier alpha value is 1.78. The molecule has 0 heterocycles. The molecule has 11 heteroatoms. The molecule has 0 saturated heterocycles. The van der Waals surface area contributed by atoms with Crippen LogP contribution in [0.4, 0.5) is 0 Å². The van der Waals surface area contributed by atoms with E-state index in [1.165, 1.54) is 64.2 Å². The van der Waals surface area contributed by atoms with Crippen LogP contribution >= 0.6 is 0 Å². The van der Waals surface area contributed by atoms with Gasteiger partial charge in [0.15, 0.2) is 0 Å². The third-order valence-electron chi connectivity index (χ3n) is 4.63. The number of hydrogen-bond donors (Lipinski definition) is 0. The molecule has 0 aromatic carbocycles. The Morgan fingerprint density at radius 1 is 0.600 bits per heavy atom. The summed E-state index contributed by atoms with van der Waals surface area (Å²) < 4.78 is 69.7. The van der Waals surface area contributed by atoms with Gasteiger partial charge in [0.1, 0.15) is 0 Å². The van der Waals surface area contributed by atoms with Crippen LogP contribution in [0.5, 0.6) is 0 Å². The molecule has 0 unspecified atom stereocenters. The summed E-state index contributed by atoms with van der Waals surface area (Å²) in [5, 5.41) is 0. The van der Waals surface area contributed by atoms with Crippen molar-refractivity contribution in [2.75, 3.05) is 18.1 Å². The average Bonchev–Trinajstić information content (AvgIpc) is 2.55. The second-order valence-electron chi connectivity index (χ2n) is 7.54. The van der Waals surface area contributed by atoms with Gasteiger partial charge in [-0.05, 0) is 6.42 Å². The maximum absolute atomic E-state index is 10.8. The fourth-order valence-corrected chi connectivity index (χ4v) is 4.63. The molecule has 0 saturated carbocycles. The van der Waals surface area contributed by atoms with E-state index in [9.17, 15) is 25.9 Å². The Morgan fingerprint density at radius 3 is 1.20 bits per heavy atom. The van der Waals surface area contributed by atoms with Gasteiger partial charge in [-0.25, -0.2) is 16.8 Å². The van der Waals surface area contributed by atoms with Crippen molar-refractivity contribution in [2.45, 2.75) is 103 Å². The largest absolute Gasteiger partial charge is 1.00 e. The van der Waals surface area contributed by atoms with Crippen LogP contribution in [0, 0.1) is 0 Å². The zero-order valence-electron chi connectivity index (χ0n) is 19.3. The number of hydrogen-bond acceptors (Lipinski definition) is 7. The molecule has 0 spiro atoms. The topological polar surface area (TPSA) is 124 Å². The molecule has 30 heavy (non-hydrogen) atoms. The van der Waals surface area contributed by atoms with Gasteiger partial charge in [-0.2, -0.15) is 0 Å². The van der Waals surface area contributed by atoms with Crippen molar-refractivity contribution in [3.63, 3.8) is 0 Å². The molecule has 0 fully saturated rings. The fourth-order valence-electron chi connectivity index (χ4n) is 3.15. The van der Waals surface area contributed by atoms with E-state index in [0.29, 0.717) is 6.42 Å². The Balaban J connectivity index is -0.00000364. The third kappa shape index (κ3) is 29.8. The molecule has 0 atom stereocenters. The Morgan fingerprint density at radius 2 is 0.900 bits per heavy atom. The van der Waals surface area contributed by atoms with E-state index >= 15 is 0 Å². The SMILES string of the molecule is CCCCCCCCCCCCCCCCOC(CS(=O)(=O)[O-])CS(=O)(=O)[O-].[Na+].[Na+].